The third kappa shape index (κ3) is 3.90. The van der Waals surface area contributed by atoms with E-state index < -0.39 is 0 Å². The first kappa shape index (κ1) is 14.7. The first-order valence-corrected chi connectivity index (χ1v) is 7.15. The zero-order valence-corrected chi connectivity index (χ0v) is 12.7. The monoisotopic (exact) mass is 273 g/mol. The number of hydrogen-bond donors (Lipinski definition) is 1. The van der Waals surface area contributed by atoms with Crippen molar-refractivity contribution in [3.8, 4) is 11.5 Å². The van der Waals surface area contributed by atoms with Crippen molar-refractivity contribution < 1.29 is 4.42 Å². The van der Waals surface area contributed by atoms with E-state index in [1.54, 1.807) is 0 Å². The van der Waals surface area contributed by atoms with E-state index in [4.69, 9.17) is 4.42 Å². The molecule has 0 spiro atoms. The summed E-state index contributed by atoms with van der Waals surface area (Å²) >= 11 is 0. The summed E-state index contributed by atoms with van der Waals surface area (Å²) in [5.41, 5.74) is 2.38. The van der Waals surface area contributed by atoms with Gasteiger partial charge in [-0.1, -0.05) is 25.1 Å². The van der Waals surface area contributed by atoms with Crippen LogP contribution in [0.25, 0.3) is 11.5 Å². The number of aryl methyl sites for hydroxylation is 1. The summed E-state index contributed by atoms with van der Waals surface area (Å²) in [6.45, 7) is 9.39. The van der Waals surface area contributed by atoms with Gasteiger partial charge in [-0.3, -0.25) is 0 Å². The molecular weight excluding hydrogens is 250 g/mol. The fourth-order valence-electron chi connectivity index (χ4n) is 2.05. The summed E-state index contributed by atoms with van der Waals surface area (Å²) in [6, 6.07) is 8.16. The van der Waals surface area contributed by atoms with Crippen LogP contribution < -0.4 is 5.32 Å². The van der Waals surface area contributed by atoms with Crippen LogP contribution >= 0.6 is 0 Å². The Bertz CT molecular complexity index is 555. The zero-order chi connectivity index (χ0) is 14.6. The Balaban J connectivity index is 2.05. The van der Waals surface area contributed by atoms with Gasteiger partial charge in [0.05, 0.1) is 0 Å². The van der Waals surface area contributed by atoms with Crippen LogP contribution in [0.1, 0.15) is 39.1 Å². The average Bonchev–Trinajstić information content (AvgIpc) is 2.86. The Hall–Kier alpha value is -1.68. The lowest BCUT2D eigenvalue weighted by atomic mass is 10.1. The molecule has 0 radical (unpaired) electrons. The molecule has 0 unspecified atom stereocenters. The summed E-state index contributed by atoms with van der Waals surface area (Å²) in [4.78, 5) is 0. The summed E-state index contributed by atoms with van der Waals surface area (Å²) in [5.74, 6) is 1.30. The Labute approximate surface area is 120 Å². The Morgan fingerprint density at radius 3 is 2.60 bits per heavy atom. The fourth-order valence-corrected chi connectivity index (χ4v) is 2.05. The van der Waals surface area contributed by atoms with Crippen molar-refractivity contribution in [2.45, 2.75) is 46.1 Å². The summed E-state index contributed by atoms with van der Waals surface area (Å²) in [6.07, 6.45) is 1.71. The molecule has 0 amide bonds. The van der Waals surface area contributed by atoms with Crippen LogP contribution in [-0.2, 0) is 12.8 Å². The minimum Gasteiger partial charge on any atom is -0.421 e. The second-order valence-corrected chi connectivity index (χ2v) is 5.94. The number of aromatic nitrogens is 2. The molecule has 0 aliphatic heterocycles. The van der Waals surface area contributed by atoms with Crippen molar-refractivity contribution in [1.82, 2.24) is 15.5 Å². The molecular formula is C16H23N3O. The van der Waals surface area contributed by atoms with Gasteiger partial charge >= 0.3 is 0 Å². The lowest BCUT2D eigenvalue weighted by Crippen LogP contribution is -2.37. The van der Waals surface area contributed by atoms with Crippen LogP contribution in [0.15, 0.2) is 28.7 Å². The van der Waals surface area contributed by atoms with Crippen molar-refractivity contribution >= 4 is 0 Å². The van der Waals surface area contributed by atoms with E-state index >= 15 is 0 Å². The van der Waals surface area contributed by atoms with Gasteiger partial charge in [-0.2, -0.15) is 0 Å². The van der Waals surface area contributed by atoms with Gasteiger partial charge in [-0.15, -0.1) is 10.2 Å². The maximum atomic E-state index is 5.76. The highest BCUT2D eigenvalue weighted by molar-refractivity contribution is 5.58. The standard InChI is InChI=1S/C16H23N3O/c1-5-12-8-6-7-9-13(12)15-19-18-14(20-15)10-11-17-16(2,3)4/h6-9,17H,5,10-11H2,1-4H3. The zero-order valence-electron chi connectivity index (χ0n) is 12.7. The highest BCUT2D eigenvalue weighted by Crippen LogP contribution is 2.22. The molecule has 0 saturated carbocycles. The summed E-state index contributed by atoms with van der Waals surface area (Å²) in [5, 5.41) is 11.7. The molecule has 4 heteroatoms. The normalized spacial score (nSPS) is 11.8. The molecule has 1 heterocycles. The van der Waals surface area contributed by atoms with Gasteiger partial charge in [0, 0.05) is 24.1 Å². The Kier molecular flexibility index (Phi) is 4.55. The van der Waals surface area contributed by atoms with Crippen molar-refractivity contribution in [2.24, 2.45) is 0 Å². The van der Waals surface area contributed by atoms with E-state index in [9.17, 15) is 0 Å². The van der Waals surface area contributed by atoms with Crippen LogP contribution in [0.2, 0.25) is 0 Å². The predicted molar refractivity (Wildman–Crippen MR) is 80.6 cm³/mol. The molecule has 0 bridgehead atoms. The first-order valence-electron chi connectivity index (χ1n) is 7.15. The maximum absolute atomic E-state index is 5.76. The van der Waals surface area contributed by atoms with Gasteiger partial charge in [0.1, 0.15) is 0 Å². The van der Waals surface area contributed by atoms with Crippen LogP contribution in [0.3, 0.4) is 0 Å². The molecule has 4 nitrogen and oxygen atoms in total. The van der Waals surface area contributed by atoms with Gasteiger partial charge < -0.3 is 9.73 Å². The van der Waals surface area contributed by atoms with E-state index in [0.29, 0.717) is 11.8 Å². The minimum absolute atomic E-state index is 0.109. The predicted octanol–water partition coefficient (Wildman–Crippen LogP) is 3.23. The number of nitrogens with one attached hydrogen (secondary N) is 1. The van der Waals surface area contributed by atoms with Crippen molar-refractivity contribution in [2.75, 3.05) is 6.54 Å². The van der Waals surface area contributed by atoms with E-state index in [1.165, 1.54) is 5.56 Å². The molecule has 0 aliphatic rings. The Morgan fingerprint density at radius 1 is 1.15 bits per heavy atom. The molecule has 2 rings (SSSR count). The van der Waals surface area contributed by atoms with Crippen LogP contribution in [0.4, 0.5) is 0 Å². The lowest BCUT2D eigenvalue weighted by molar-refractivity contribution is 0.411. The molecule has 2 aromatic rings. The van der Waals surface area contributed by atoms with Gasteiger partial charge in [-0.05, 0) is 38.8 Å². The number of nitrogens with zero attached hydrogens (tertiary/aromatic N) is 2. The first-order chi connectivity index (χ1) is 9.49. The summed E-state index contributed by atoms with van der Waals surface area (Å²) in [7, 11) is 0. The van der Waals surface area contributed by atoms with E-state index in [-0.39, 0.29) is 5.54 Å². The van der Waals surface area contributed by atoms with E-state index in [2.05, 4.69) is 49.3 Å². The summed E-state index contributed by atoms with van der Waals surface area (Å²) < 4.78 is 5.76. The highest BCUT2D eigenvalue weighted by atomic mass is 16.4. The van der Waals surface area contributed by atoms with Crippen LogP contribution in [0.5, 0.6) is 0 Å². The molecule has 0 saturated heterocycles. The van der Waals surface area contributed by atoms with E-state index in [0.717, 1.165) is 24.9 Å². The third-order valence-electron chi connectivity index (χ3n) is 3.09. The molecule has 108 valence electrons. The van der Waals surface area contributed by atoms with Crippen molar-refractivity contribution in [1.29, 1.82) is 0 Å². The fraction of sp³-hybridized carbons (Fsp3) is 0.500. The third-order valence-corrected chi connectivity index (χ3v) is 3.09. The molecule has 20 heavy (non-hydrogen) atoms. The number of hydrogen-bond acceptors (Lipinski definition) is 4. The molecule has 0 aliphatic carbocycles. The van der Waals surface area contributed by atoms with Gasteiger partial charge in [0.25, 0.3) is 0 Å². The lowest BCUT2D eigenvalue weighted by Gasteiger charge is -2.19. The van der Waals surface area contributed by atoms with Crippen LogP contribution in [0, 0.1) is 0 Å². The Morgan fingerprint density at radius 2 is 1.90 bits per heavy atom. The second-order valence-electron chi connectivity index (χ2n) is 5.94. The molecule has 0 fully saturated rings. The van der Waals surface area contributed by atoms with Gasteiger partial charge in [0.2, 0.25) is 11.8 Å². The smallest absolute Gasteiger partial charge is 0.248 e. The molecule has 1 aromatic heterocycles. The number of rotatable bonds is 5. The van der Waals surface area contributed by atoms with Gasteiger partial charge in [0.15, 0.2) is 0 Å². The molecule has 0 atom stereocenters. The van der Waals surface area contributed by atoms with E-state index in [1.807, 2.05) is 18.2 Å². The van der Waals surface area contributed by atoms with Gasteiger partial charge in [-0.25, -0.2) is 0 Å². The topological polar surface area (TPSA) is 51.0 Å². The highest BCUT2D eigenvalue weighted by Gasteiger charge is 2.13. The molecule has 1 aromatic carbocycles. The van der Waals surface area contributed by atoms with Crippen molar-refractivity contribution in [3.63, 3.8) is 0 Å². The quantitative estimate of drug-likeness (QED) is 0.908. The minimum atomic E-state index is 0.109. The van der Waals surface area contributed by atoms with Crippen molar-refractivity contribution in [3.05, 3.63) is 35.7 Å². The second kappa shape index (κ2) is 6.18. The molecule has 1 N–H and O–H groups in total. The maximum Gasteiger partial charge on any atom is 0.248 e. The van der Waals surface area contributed by atoms with Crippen LogP contribution in [-0.4, -0.2) is 22.3 Å². The SMILES string of the molecule is CCc1ccccc1-c1nnc(CCNC(C)(C)C)o1. The largest absolute Gasteiger partial charge is 0.421 e. The number of benzene rings is 1. The average molecular weight is 273 g/mol.